The third kappa shape index (κ3) is 8.22. The zero-order chi connectivity index (χ0) is 10.5. The molecule has 0 bridgehead atoms. The van der Waals surface area contributed by atoms with Gasteiger partial charge in [0, 0.05) is 19.6 Å². The van der Waals surface area contributed by atoms with Crippen molar-refractivity contribution >= 4 is 0 Å². The van der Waals surface area contributed by atoms with Gasteiger partial charge in [-0.2, -0.15) is 0 Å². The summed E-state index contributed by atoms with van der Waals surface area (Å²) >= 11 is 0. The number of nitrogens with one attached hydrogen (secondary N) is 1. The molecule has 0 heterocycles. The van der Waals surface area contributed by atoms with E-state index in [1.807, 2.05) is 0 Å². The van der Waals surface area contributed by atoms with Crippen LogP contribution in [0.5, 0.6) is 0 Å². The second kappa shape index (κ2) is 5.58. The lowest BCUT2D eigenvalue weighted by atomic mass is 9.93. The zero-order valence-electron chi connectivity index (χ0n) is 9.59. The molecule has 0 aliphatic carbocycles. The van der Waals surface area contributed by atoms with Gasteiger partial charge in [-0.25, -0.2) is 0 Å². The SMILES string of the molecule is CC(O)CNCC(C)(C)CN(C)C. The molecule has 0 fully saturated rings. The van der Waals surface area contributed by atoms with Gasteiger partial charge in [-0.05, 0) is 26.4 Å². The molecule has 0 aliphatic rings. The number of hydrogen-bond donors (Lipinski definition) is 2. The van der Waals surface area contributed by atoms with Gasteiger partial charge in [-0.1, -0.05) is 13.8 Å². The molecular formula is C10H24N2O. The average molecular weight is 188 g/mol. The summed E-state index contributed by atoms with van der Waals surface area (Å²) in [6.07, 6.45) is -0.254. The Morgan fingerprint density at radius 3 is 2.31 bits per heavy atom. The van der Waals surface area contributed by atoms with Crippen molar-refractivity contribution < 1.29 is 5.11 Å². The van der Waals surface area contributed by atoms with E-state index in [1.165, 1.54) is 0 Å². The second-order valence-electron chi connectivity index (χ2n) is 4.88. The summed E-state index contributed by atoms with van der Waals surface area (Å²) in [7, 11) is 4.16. The van der Waals surface area contributed by atoms with Crippen LogP contribution in [0.1, 0.15) is 20.8 Å². The van der Waals surface area contributed by atoms with Gasteiger partial charge in [0.1, 0.15) is 0 Å². The molecule has 0 spiro atoms. The number of nitrogens with zero attached hydrogens (tertiary/aromatic N) is 1. The van der Waals surface area contributed by atoms with Crippen LogP contribution in [-0.4, -0.2) is 49.8 Å². The molecule has 0 aliphatic heterocycles. The number of rotatable bonds is 6. The molecule has 0 saturated heterocycles. The van der Waals surface area contributed by atoms with Crippen LogP contribution < -0.4 is 5.32 Å². The fourth-order valence-corrected chi connectivity index (χ4v) is 1.53. The van der Waals surface area contributed by atoms with E-state index in [0.717, 1.165) is 13.1 Å². The Bertz CT molecular complexity index is 133. The molecule has 80 valence electrons. The van der Waals surface area contributed by atoms with Crippen molar-refractivity contribution in [2.75, 3.05) is 33.7 Å². The first-order valence-corrected chi connectivity index (χ1v) is 4.87. The molecule has 0 rings (SSSR count). The molecule has 2 N–H and O–H groups in total. The molecule has 1 unspecified atom stereocenters. The number of aliphatic hydroxyl groups is 1. The number of hydrogen-bond acceptors (Lipinski definition) is 3. The normalized spacial score (nSPS) is 15.0. The molecule has 0 saturated carbocycles. The molecule has 0 amide bonds. The maximum atomic E-state index is 9.06. The molecule has 0 aromatic heterocycles. The van der Waals surface area contributed by atoms with Crippen molar-refractivity contribution in [3.8, 4) is 0 Å². The Morgan fingerprint density at radius 1 is 1.38 bits per heavy atom. The average Bonchev–Trinajstić information content (AvgIpc) is 1.81. The van der Waals surface area contributed by atoms with Crippen molar-refractivity contribution in [1.29, 1.82) is 0 Å². The van der Waals surface area contributed by atoms with E-state index in [9.17, 15) is 0 Å². The monoisotopic (exact) mass is 188 g/mol. The van der Waals surface area contributed by atoms with E-state index in [-0.39, 0.29) is 11.5 Å². The van der Waals surface area contributed by atoms with Crippen LogP contribution in [0, 0.1) is 5.41 Å². The summed E-state index contributed by atoms with van der Waals surface area (Å²) in [5.74, 6) is 0. The first-order chi connectivity index (χ1) is 5.83. The standard InChI is InChI=1S/C10H24N2O/c1-9(13)6-11-7-10(2,3)8-12(4)5/h9,11,13H,6-8H2,1-5H3. The van der Waals surface area contributed by atoms with Gasteiger partial charge in [0.25, 0.3) is 0 Å². The minimum absolute atomic E-state index is 0.254. The molecule has 0 aromatic carbocycles. The molecule has 1 atom stereocenters. The van der Waals surface area contributed by atoms with Gasteiger partial charge in [-0.3, -0.25) is 0 Å². The Kier molecular flexibility index (Phi) is 5.53. The van der Waals surface area contributed by atoms with Gasteiger partial charge < -0.3 is 15.3 Å². The summed E-state index contributed by atoms with van der Waals surface area (Å²) in [4.78, 5) is 2.18. The van der Waals surface area contributed by atoms with Gasteiger partial charge in [0.05, 0.1) is 6.10 Å². The van der Waals surface area contributed by atoms with Gasteiger partial charge >= 0.3 is 0 Å². The molecule has 0 aromatic rings. The maximum Gasteiger partial charge on any atom is 0.0636 e. The third-order valence-corrected chi connectivity index (χ3v) is 1.79. The number of aliphatic hydroxyl groups excluding tert-OH is 1. The highest BCUT2D eigenvalue weighted by atomic mass is 16.3. The Hall–Kier alpha value is -0.120. The lowest BCUT2D eigenvalue weighted by Gasteiger charge is -2.28. The van der Waals surface area contributed by atoms with Crippen LogP contribution in [0.25, 0.3) is 0 Å². The van der Waals surface area contributed by atoms with E-state index >= 15 is 0 Å². The molecule has 3 nitrogen and oxygen atoms in total. The van der Waals surface area contributed by atoms with Crippen LogP contribution in [0.15, 0.2) is 0 Å². The van der Waals surface area contributed by atoms with E-state index < -0.39 is 0 Å². The first kappa shape index (κ1) is 12.9. The predicted molar refractivity (Wildman–Crippen MR) is 56.9 cm³/mol. The Morgan fingerprint density at radius 2 is 1.92 bits per heavy atom. The summed E-state index contributed by atoms with van der Waals surface area (Å²) < 4.78 is 0. The lowest BCUT2D eigenvalue weighted by Crippen LogP contribution is -2.39. The van der Waals surface area contributed by atoms with Crippen molar-refractivity contribution in [2.45, 2.75) is 26.9 Å². The van der Waals surface area contributed by atoms with Crippen molar-refractivity contribution in [1.82, 2.24) is 10.2 Å². The smallest absolute Gasteiger partial charge is 0.0636 e. The minimum Gasteiger partial charge on any atom is -0.392 e. The summed E-state index contributed by atoms with van der Waals surface area (Å²) in [5, 5.41) is 12.3. The largest absolute Gasteiger partial charge is 0.392 e. The summed E-state index contributed by atoms with van der Waals surface area (Å²) in [5.41, 5.74) is 0.262. The summed E-state index contributed by atoms with van der Waals surface area (Å²) in [6, 6.07) is 0. The Balaban J connectivity index is 3.62. The summed E-state index contributed by atoms with van der Waals surface area (Å²) in [6.45, 7) is 8.92. The fourth-order valence-electron chi connectivity index (χ4n) is 1.53. The topological polar surface area (TPSA) is 35.5 Å². The van der Waals surface area contributed by atoms with Crippen LogP contribution in [-0.2, 0) is 0 Å². The van der Waals surface area contributed by atoms with Crippen LogP contribution in [0.2, 0.25) is 0 Å². The van der Waals surface area contributed by atoms with Crippen LogP contribution in [0.4, 0.5) is 0 Å². The predicted octanol–water partition coefficient (Wildman–Crippen LogP) is 0.545. The van der Waals surface area contributed by atoms with Crippen LogP contribution in [0.3, 0.4) is 0 Å². The minimum atomic E-state index is -0.254. The van der Waals surface area contributed by atoms with Crippen LogP contribution >= 0.6 is 0 Å². The molecule has 3 heteroatoms. The Labute approximate surface area is 82.1 Å². The highest BCUT2D eigenvalue weighted by Crippen LogP contribution is 2.13. The molecule has 0 radical (unpaired) electrons. The van der Waals surface area contributed by atoms with E-state index in [0.29, 0.717) is 6.54 Å². The quantitative estimate of drug-likeness (QED) is 0.639. The van der Waals surface area contributed by atoms with Gasteiger partial charge in [0.15, 0.2) is 0 Å². The van der Waals surface area contributed by atoms with Crippen molar-refractivity contribution in [3.63, 3.8) is 0 Å². The first-order valence-electron chi connectivity index (χ1n) is 4.87. The zero-order valence-corrected chi connectivity index (χ0v) is 9.59. The maximum absolute atomic E-state index is 9.06. The van der Waals surface area contributed by atoms with E-state index in [4.69, 9.17) is 5.11 Å². The molecular weight excluding hydrogens is 164 g/mol. The lowest BCUT2D eigenvalue weighted by molar-refractivity contribution is 0.176. The highest BCUT2D eigenvalue weighted by molar-refractivity contribution is 4.74. The third-order valence-electron chi connectivity index (χ3n) is 1.79. The fraction of sp³-hybridized carbons (Fsp3) is 1.00. The van der Waals surface area contributed by atoms with Gasteiger partial charge in [0.2, 0.25) is 0 Å². The van der Waals surface area contributed by atoms with E-state index in [1.54, 1.807) is 6.92 Å². The van der Waals surface area contributed by atoms with Crippen molar-refractivity contribution in [2.24, 2.45) is 5.41 Å². The highest BCUT2D eigenvalue weighted by Gasteiger charge is 2.18. The van der Waals surface area contributed by atoms with Gasteiger partial charge in [-0.15, -0.1) is 0 Å². The molecule has 13 heavy (non-hydrogen) atoms. The second-order valence-corrected chi connectivity index (χ2v) is 4.88. The van der Waals surface area contributed by atoms with Crippen molar-refractivity contribution in [3.05, 3.63) is 0 Å². The van der Waals surface area contributed by atoms with E-state index in [2.05, 4.69) is 38.2 Å².